The summed E-state index contributed by atoms with van der Waals surface area (Å²) in [6.45, 7) is 21.0. The van der Waals surface area contributed by atoms with Gasteiger partial charge in [-0.2, -0.15) is 5.26 Å². The van der Waals surface area contributed by atoms with Crippen LogP contribution >= 0.6 is 0 Å². The Kier molecular flexibility index (Phi) is 4.62. The zero-order valence-corrected chi connectivity index (χ0v) is 10.3. The van der Waals surface area contributed by atoms with Crippen LogP contribution in [-0.4, -0.2) is 6.04 Å². The van der Waals surface area contributed by atoms with Gasteiger partial charge in [-0.25, -0.2) is 26.8 Å². The van der Waals surface area contributed by atoms with Crippen molar-refractivity contribution in [2.45, 2.75) is 18.9 Å². The second-order valence-corrected chi connectivity index (χ2v) is 3.93. The number of nitrogens with zero attached hydrogens (tertiary/aromatic N) is 6. The van der Waals surface area contributed by atoms with Crippen LogP contribution < -0.4 is 0 Å². The number of rotatable bonds is 0. The Morgan fingerprint density at radius 3 is 1.90 bits per heavy atom. The van der Waals surface area contributed by atoms with Crippen LogP contribution in [0.5, 0.6) is 0 Å². The van der Waals surface area contributed by atoms with E-state index in [1.54, 1.807) is 12.1 Å². The number of nitriles is 3. The molecule has 0 aliphatic heterocycles. The summed E-state index contributed by atoms with van der Waals surface area (Å²) in [6, 6.07) is 4.68. The Hall–Kier alpha value is -3.58. The smallest absolute Gasteiger partial charge is 0.268 e. The van der Waals surface area contributed by atoms with Gasteiger partial charge in [0.15, 0.2) is 0 Å². The Morgan fingerprint density at radius 2 is 1.50 bits per heavy atom. The lowest BCUT2D eigenvalue weighted by atomic mass is 9.77. The van der Waals surface area contributed by atoms with Crippen LogP contribution in [0.2, 0.25) is 0 Å². The third kappa shape index (κ3) is 2.47. The van der Waals surface area contributed by atoms with Crippen LogP contribution in [0.15, 0.2) is 22.5 Å². The molecule has 0 spiro atoms. The molecular weight excluding hydrogens is 252 g/mol. The van der Waals surface area contributed by atoms with Crippen molar-refractivity contribution in [2.24, 2.45) is 5.92 Å². The number of allylic oxidation sites excluding steroid dienone is 2. The van der Waals surface area contributed by atoms with Gasteiger partial charge in [0.05, 0.1) is 37.3 Å². The summed E-state index contributed by atoms with van der Waals surface area (Å²) in [6.07, 6.45) is 0.0912. The maximum absolute atomic E-state index is 9.15. The predicted molar refractivity (Wildman–Crippen MR) is 67.2 cm³/mol. The van der Waals surface area contributed by atoms with E-state index in [1.165, 1.54) is 0 Å². The molecule has 1 aliphatic rings. The summed E-state index contributed by atoms with van der Waals surface area (Å²) < 4.78 is 0. The number of hydrogen-bond acceptors (Lipinski definition) is 3. The average Bonchev–Trinajstić information content (AvgIpc) is 2.50. The molecule has 0 saturated heterocycles. The maximum atomic E-state index is 9.15. The van der Waals surface area contributed by atoms with Crippen LogP contribution in [0.3, 0.4) is 0 Å². The largest absolute Gasteiger partial charge is 0.310 e. The molecule has 1 fully saturated rings. The van der Waals surface area contributed by atoms with Crippen molar-refractivity contribution in [3.05, 3.63) is 56.8 Å². The molecule has 0 heterocycles. The Balaban J connectivity index is 3.46. The van der Waals surface area contributed by atoms with E-state index >= 15 is 0 Å². The molecular formula is C14H6N6. The highest BCUT2D eigenvalue weighted by Gasteiger charge is 2.36. The summed E-state index contributed by atoms with van der Waals surface area (Å²) in [7, 11) is 0. The lowest BCUT2D eigenvalue weighted by Crippen LogP contribution is -2.23. The Labute approximate surface area is 116 Å². The first kappa shape index (κ1) is 14.5. The molecule has 0 amide bonds. The fraction of sp³-hybridized carbons (Fsp3) is 0.286. The Morgan fingerprint density at radius 1 is 0.950 bits per heavy atom. The van der Waals surface area contributed by atoms with Crippen LogP contribution in [0.1, 0.15) is 12.8 Å². The maximum Gasteiger partial charge on any atom is 0.268 e. The molecule has 0 aromatic carbocycles. The minimum absolute atomic E-state index is 0.0447. The summed E-state index contributed by atoms with van der Waals surface area (Å²) in [5.41, 5.74) is 0.310. The molecule has 1 rings (SSSR count). The molecule has 6 heteroatoms. The average molecular weight is 258 g/mol. The zero-order chi connectivity index (χ0) is 15.1. The predicted octanol–water partition coefficient (Wildman–Crippen LogP) is 2.60. The van der Waals surface area contributed by atoms with Gasteiger partial charge in [-0.15, -0.1) is 0 Å². The zero-order valence-electron chi connectivity index (χ0n) is 10.3. The molecule has 6 nitrogen and oxygen atoms in total. The molecule has 20 heavy (non-hydrogen) atoms. The first-order valence-electron chi connectivity index (χ1n) is 5.44. The quantitative estimate of drug-likeness (QED) is 0.494. The molecule has 0 bridgehead atoms. The lowest BCUT2D eigenvalue weighted by molar-refractivity contribution is 0.604. The van der Waals surface area contributed by atoms with Crippen molar-refractivity contribution >= 4 is 0 Å². The van der Waals surface area contributed by atoms with Gasteiger partial charge in [0, 0.05) is 12.0 Å². The van der Waals surface area contributed by atoms with Gasteiger partial charge >= 0.3 is 0 Å². The molecule has 0 aromatic heterocycles. The van der Waals surface area contributed by atoms with Crippen molar-refractivity contribution in [1.29, 1.82) is 15.8 Å². The molecule has 92 valence electrons. The van der Waals surface area contributed by atoms with Crippen molar-refractivity contribution in [1.82, 2.24) is 0 Å². The van der Waals surface area contributed by atoms with Crippen LogP contribution in [0.4, 0.5) is 0 Å². The molecule has 2 atom stereocenters. The number of hydrogen-bond donors (Lipinski definition) is 0. The van der Waals surface area contributed by atoms with Crippen molar-refractivity contribution in [2.75, 3.05) is 0 Å². The first-order chi connectivity index (χ1) is 9.66. The second-order valence-electron chi connectivity index (χ2n) is 3.93. The van der Waals surface area contributed by atoms with Gasteiger partial charge < -0.3 is 4.85 Å². The van der Waals surface area contributed by atoms with Crippen molar-refractivity contribution in [3.8, 4) is 18.2 Å². The summed E-state index contributed by atoms with van der Waals surface area (Å²) in [5.74, 6) is -0.739. The van der Waals surface area contributed by atoms with Gasteiger partial charge in [0.25, 0.3) is 11.4 Å². The third-order valence-corrected chi connectivity index (χ3v) is 3.02. The highest BCUT2D eigenvalue weighted by atomic mass is 14.8. The van der Waals surface area contributed by atoms with E-state index in [0.29, 0.717) is 11.1 Å². The monoisotopic (exact) mass is 258 g/mol. The highest BCUT2D eigenvalue weighted by molar-refractivity contribution is 5.46. The minimum atomic E-state index is -0.761. The van der Waals surface area contributed by atoms with Gasteiger partial charge in [0.1, 0.15) is 0 Å². The fourth-order valence-corrected chi connectivity index (χ4v) is 2.05. The molecule has 1 aliphatic carbocycles. The Bertz CT molecular complexity index is 644. The van der Waals surface area contributed by atoms with Gasteiger partial charge in [-0.1, -0.05) is 0 Å². The van der Waals surface area contributed by atoms with E-state index in [4.69, 9.17) is 35.5 Å². The third-order valence-electron chi connectivity index (χ3n) is 3.02. The SMILES string of the molecule is [C-]#[N+]/C(C#N)=C1/CC(C#N)/C(=C(\C#N)[N+]#[C-])CC1[N+]#[C-]. The standard InChI is InChI=1S/C14H6N6/c1-18-12-5-10(13(7-16)19-2)9(6-15)4-11(12)14(8-17)20-3/h9,12H,4-5H2/b13-10+,14-11-. The van der Waals surface area contributed by atoms with Crippen molar-refractivity contribution < 1.29 is 0 Å². The van der Waals surface area contributed by atoms with Gasteiger partial charge in [-0.05, 0) is 12.0 Å². The van der Waals surface area contributed by atoms with Crippen LogP contribution in [0, 0.1) is 59.6 Å². The lowest BCUT2D eigenvalue weighted by Gasteiger charge is -2.24. The minimum Gasteiger partial charge on any atom is -0.310 e. The van der Waals surface area contributed by atoms with Gasteiger partial charge in [0.2, 0.25) is 6.04 Å². The van der Waals surface area contributed by atoms with E-state index in [9.17, 15) is 0 Å². The van der Waals surface area contributed by atoms with E-state index < -0.39 is 12.0 Å². The summed E-state index contributed by atoms with van der Waals surface area (Å²) >= 11 is 0. The van der Waals surface area contributed by atoms with E-state index in [0.717, 1.165) is 0 Å². The van der Waals surface area contributed by atoms with E-state index in [-0.39, 0.29) is 24.2 Å². The van der Waals surface area contributed by atoms with Crippen molar-refractivity contribution in [3.63, 3.8) is 0 Å². The highest BCUT2D eigenvalue weighted by Crippen LogP contribution is 2.38. The topological polar surface area (TPSA) is 84.4 Å². The summed E-state index contributed by atoms with van der Waals surface area (Å²) in [4.78, 5) is 9.52. The first-order valence-corrected chi connectivity index (χ1v) is 5.44. The van der Waals surface area contributed by atoms with E-state index in [1.807, 2.05) is 6.07 Å². The summed E-state index contributed by atoms with van der Waals surface area (Å²) in [5, 5.41) is 26.9. The molecule has 0 aromatic rings. The fourth-order valence-electron chi connectivity index (χ4n) is 2.05. The normalized spacial score (nSPS) is 25.5. The van der Waals surface area contributed by atoms with Gasteiger partial charge in [-0.3, -0.25) is 0 Å². The molecule has 2 unspecified atom stereocenters. The van der Waals surface area contributed by atoms with E-state index in [2.05, 4.69) is 14.5 Å². The molecule has 0 radical (unpaired) electrons. The molecule has 0 N–H and O–H groups in total. The van der Waals surface area contributed by atoms with Crippen LogP contribution in [0.25, 0.3) is 14.5 Å². The second kappa shape index (κ2) is 6.38. The molecule has 1 saturated carbocycles. The van der Waals surface area contributed by atoms with Crippen LogP contribution in [-0.2, 0) is 0 Å².